The van der Waals surface area contributed by atoms with Crippen molar-refractivity contribution in [3.8, 4) is 5.75 Å². The SMILES string of the molecule is CC(C)C(C)(C)[Si]OCCCn1c(=O)c2cc(OC(F)(F)F)ccc2n(C)c1=O. The van der Waals surface area contributed by atoms with Gasteiger partial charge in [0.1, 0.15) is 5.75 Å². The van der Waals surface area contributed by atoms with Crippen molar-refractivity contribution in [1.29, 1.82) is 0 Å². The van der Waals surface area contributed by atoms with Crippen LogP contribution < -0.4 is 16.0 Å². The summed E-state index contributed by atoms with van der Waals surface area (Å²) in [7, 11) is 1.75. The van der Waals surface area contributed by atoms with Gasteiger partial charge in [0.15, 0.2) is 0 Å². The Balaban J connectivity index is 2.21. The lowest BCUT2D eigenvalue weighted by molar-refractivity contribution is -0.274. The maximum absolute atomic E-state index is 12.7. The van der Waals surface area contributed by atoms with Crippen molar-refractivity contribution in [2.24, 2.45) is 13.0 Å². The van der Waals surface area contributed by atoms with Gasteiger partial charge in [-0.15, -0.1) is 13.2 Å². The van der Waals surface area contributed by atoms with Crippen LogP contribution in [0.4, 0.5) is 13.2 Å². The fourth-order valence-electron chi connectivity index (χ4n) is 2.54. The summed E-state index contributed by atoms with van der Waals surface area (Å²) >= 11 is 0. The highest BCUT2D eigenvalue weighted by atomic mass is 28.2. The van der Waals surface area contributed by atoms with Crippen LogP contribution in [0.2, 0.25) is 5.04 Å². The molecule has 160 valence electrons. The second-order valence-electron chi connectivity index (χ2n) is 7.71. The van der Waals surface area contributed by atoms with E-state index in [-0.39, 0.29) is 32.2 Å². The molecule has 2 rings (SSSR count). The van der Waals surface area contributed by atoms with E-state index in [9.17, 15) is 22.8 Å². The Morgan fingerprint density at radius 1 is 1.17 bits per heavy atom. The number of fused-ring (bicyclic) bond motifs is 1. The van der Waals surface area contributed by atoms with Crippen molar-refractivity contribution >= 4 is 20.7 Å². The van der Waals surface area contributed by atoms with Crippen LogP contribution in [0.3, 0.4) is 0 Å². The predicted octanol–water partition coefficient (Wildman–Crippen LogP) is 3.48. The molecule has 0 saturated heterocycles. The number of nitrogens with zero attached hydrogens (tertiary/aromatic N) is 2. The molecule has 2 aromatic rings. The van der Waals surface area contributed by atoms with Crippen LogP contribution in [0.25, 0.3) is 10.9 Å². The number of hydrogen-bond donors (Lipinski definition) is 0. The Morgan fingerprint density at radius 3 is 2.41 bits per heavy atom. The minimum absolute atomic E-state index is 0.0161. The molecule has 1 aromatic heterocycles. The molecule has 0 aliphatic heterocycles. The lowest BCUT2D eigenvalue weighted by Crippen LogP contribution is -2.39. The molecular formula is C19H25F3N2O4Si. The predicted molar refractivity (Wildman–Crippen MR) is 105 cm³/mol. The highest BCUT2D eigenvalue weighted by Gasteiger charge is 2.31. The second-order valence-corrected chi connectivity index (χ2v) is 9.49. The van der Waals surface area contributed by atoms with Gasteiger partial charge in [-0.3, -0.25) is 13.9 Å². The molecule has 0 unspecified atom stereocenters. The van der Waals surface area contributed by atoms with Crippen LogP contribution in [-0.2, 0) is 18.0 Å². The van der Waals surface area contributed by atoms with Crippen LogP contribution in [0.1, 0.15) is 34.1 Å². The molecule has 10 heteroatoms. The summed E-state index contributed by atoms with van der Waals surface area (Å²) in [4.78, 5) is 25.2. The van der Waals surface area contributed by atoms with Gasteiger partial charge >= 0.3 is 12.1 Å². The average Bonchev–Trinajstić information content (AvgIpc) is 2.60. The zero-order chi connectivity index (χ0) is 22.0. The van der Waals surface area contributed by atoms with E-state index in [2.05, 4.69) is 32.4 Å². The maximum Gasteiger partial charge on any atom is 0.573 e. The minimum atomic E-state index is -4.87. The molecule has 0 N–H and O–H groups in total. The van der Waals surface area contributed by atoms with Crippen molar-refractivity contribution < 1.29 is 22.3 Å². The number of halogens is 3. The zero-order valence-corrected chi connectivity index (χ0v) is 18.1. The molecule has 1 aromatic carbocycles. The quantitative estimate of drug-likeness (QED) is 0.475. The molecule has 1 heterocycles. The number of benzene rings is 1. The van der Waals surface area contributed by atoms with Crippen molar-refractivity contribution in [3.05, 3.63) is 39.0 Å². The van der Waals surface area contributed by atoms with E-state index >= 15 is 0 Å². The van der Waals surface area contributed by atoms with Crippen LogP contribution in [-0.4, -0.2) is 31.9 Å². The molecule has 29 heavy (non-hydrogen) atoms. The Hall–Kier alpha value is -2.07. The van der Waals surface area contributed by atoms with Crippen LogP contribution >= 0.6 is 0 Å². The Bertz CT molecular complexity index is 980. The molecule has 0 aliphatic carbocycles. The third-order valence-electron chi connectivity index (χ3n) is 4.96. The maximum atomic E-state index is 12.7. The van der Waals surface area contributed by atoms with E-state index in [0.717, 1.165) is 16.7 Å². The van der Waals surface area contributed by atoms with E-state index in [0.29, 0.717) is 18.9 Å². The third-order valence-corrected chi connectivity index (χ3v) is 6.41. The van der Waals surface area contributed by atoms with Crippen molar-refractivity contribution in [1.82, 2.24) is 9.13 Å². The highest BCUT2D eigenvalue weighted by Crippen LogP contribution is 2.32. The Morgan fingerprint density at radius 2 is 1.83 bits per heavy atom. The molecule has 0 bridgehead atoms. The number of alkyl halides is 3. The van der Waals surface area contributed by atoms with E-state index in [4.69, 9.17) is 4.43 Å². The van der Waals surface area contributed by atoms with E-state index in [1.165, 1.54) is 17.7 Å². The number of aromatic nitrogens is 2. The number of hydrogen-bond acceptors (Lipinski definition) is 4. The molecule has 0 atom stereocenters. The molecule has 0 aliphatic rings. The van der Waals surface area contributed by atoms with Gasteiger partial charge in [-0.05, 0) is 35.6 Å². The molecule has 0 saturated carbocycles. The standard InChI is InChI=1S/C19H25F3N2O4Si/c1-12(2)18(3,4)29-27-10-6-9-24-16(25)14-11-13(28-19(20,21)22)7-8-15(14)23(5)17(24)26/h7-8,11-12H,6,9-10H2,1-5H3. The summed E-state index contributed by atoms with van der Waals surface area (Å²) in [5, 5.41) is 0.0164. The summed E-state index contributed by atoms with van der Waals surface area (Å²) in [6.45, 7) is 8.94. The summed E-state index contributed by atoms with van der Waals surface area (Å²) in [5.41, 5.74) is -0.945. The molecule has 0 spiro atoms. The van der Waals surface area contributed by atoms with Crippen LogP contribution in [0.5, 0.6) is 5.75 Å². The van der Waals surface area contributed by atoms with Crippen molar-refractivity contribution in [2.75, 3.05) is 6.61 Å². The number of rotatable bonds is 8. The molecule has 0 amide bonds. The Kier molecular flexibility index (Phi) is 7.00. The Labute approximate surface area is 169 Å². The third kappa shape index (κ3) is 5.72. The zero-order valence-electron chi connectivity index (χ0n) is 17.1. The lowest BCUT2D eigenvalue weighted by atomic mass is 9.99. The van der Waals surface area contributed by atoms with Gasteiger partial charge in [0, 0.05) is 20.2 Å². The molecular weight excluding hydrogens is 405 g/mol. The first-order valence-electron chi connectivity index (χ1n) is 9.22. The van der Waals surface area contributed by atoms with Gasteiger partial charge in [-0.25, -0.2) is 4.79 Å². The van der Waals surface area contributed by atoms with Crippen molar-refractivity contribution in [2.45, 2.75) is 52.1 Å². The van der Waals surface area contributed by atoms with Crippen molar-refractivity contribution in [3.63, 3.8) is 0 Å². The topological polar surface area (TPSA) is 62.5 Å². The highest BCUT2D eigenvalue weighted by molar-refractivity contribution is 6.32. The molecule has 6 nitrogen and oxygen atoms in total. The van der Waals surface area contributed by atoms with E-state index in [1.807, 2.05) is 0 Å². The smallest absolute Gasteiger partial charge is 0.417 e. The first kappa shape index (κ1) is 23.2. The van der Waals surface area contributed by atoms with Crippen LogP contribution in [0, 0.1) is 5.92 Å². The first-order chi connectivity index (χ1) is 13.3. The average molecular weight is 430 g/mol. The van der Waals surface area contributed by atoms with Gasteiger partial charge in [-0.1, -0.05) is 27.7 Å². The first-order valence-corrected chi connectivity index (χ1v) is 10.1. The monoisotopic (exact) mass is 430 g/mol. The lowest BCUT2D eigenvalue weighted by Gasteiger charge is -2.27. The second kappa shape index (κ2) is 8.74. The summed E-state index contributed by atoms with van der Waals surface area (Å²) in [6, 6.07) is 3.34. The van der Waals surface area contributed by atoms with Gasteiger partial charge in [-0.2, -0.15) is 0 Å². The van der Waals surface area contributed by atoms with E-state index in [1.54, 1.807) is 0 Å². The largest absolute Gasteiger partial charge is 0.573 e. The van der Waals surface area contributed by atoms with Gasteiger partial charge in [0.2, 0.25) is 9.76 Å². The van der Waals surface area contributed by atoms with Gasteiger partial charge in [0.25, 0.3) is 5.56 Å². The summed E-state index contributed by atoms with van der Waals surface area (Å²) in [6.07, 6.45) is -4.43. The van der Waals surface area contributed by atoms with Gasteiger partial charge < -0.3 is 9.16 Å². The minimum Gasteiger partial charge on any atom is -0.417 e. The molecule has 0 fully saturated rings. The normalized spacial score (nSPS) is 12.7. The fraction of sp³-hybridized carbons (Fsp3) is 0.579. The fourth-order valence-corrected chi connectivity index (χ4v) is 3.39. The number of aryl methyl sites for hydroxylation is 1. The summed E-state index contributed by atoms with van der Waals surface area (Å²) < 4.78 is 49.2. The van der Waals surface area contributed by atoms with Crippen LogP contribution in [0.15, 0.2) is 27.8 Å². The molecule has 2 radical (unpaired) electrons. The van der Waals surface area contributed by atoms with E-state index < -0.39 is 23.4 Å². The van der Waals surface area contributed by atoms with Gasteiger partial charge in [0.05, 0.1) is 10.9 Å². The number of ether oxygens (including phenoxy) is 1. The summed E-state index contributed by atoms with van der Waals surface area (Å²) in [5.74, 6) is -0.0582.